The fourth-order valence-electron chi connectivity index (χ4n) is 9.03. The van der Waals surface area contributed by atoms with E-state index in [4.69, 9.17) is 0 Å². The second-order valence-corrected chi connectivity index (χ2v) is 22.5. The summed E-state index contributed by atoms with van der Waals surface area (Å²) in [6, 6.07) is 0. The first kappa shape index (κ1) is 73.7. The van der Waals surface area contributed by atoms with Crippen LogP contribution in [0, 0.1) is 11.8 Å². The maximum absolute atomic E-state index is 10.8. The number of hydrogen-bond acceptors (Lipinski definition) is 8. The first-order chi connectivity index (χ1) is 33.0. The van der Waals surface area contributed by atoms with Gasteiger partial charge in [0.15, 0.2) is 0 Å². The summed E-state index contributed by atoms with van der Waals surface area (Å²) in [6.45, 7) is 8.88. The molecule has 0 aromatic carbocycles. The summed E-state index contributed by atoms with van der Waals surface area (Å²) in [5.74, 6) is 0.0396. The third-order valence-corrected chi connectivity index (χ3v) is 14.3. The van der Waals surface area contributed by atoms with Gasteiger partial charge in [-0.05, 0) is 38.5 Å². The molecule has 0 aromatic heterocycles. The average Bonchev–Trinajstić information content (AvgIpc) is 3.30. The van der Waals surface area contributed by atoms with Crippen LogP contribution < -0.4 is 0 Å². The molecule has 0 radical (unpaired) electrons. The normalized spacial score (nSPS) is 13.0. The molecule has 0 aliphatic carbocycles. The predicted octanol–water partition coefficient (Wildman–Crippen LogP) is 18.9. The molecule has 0 rings (SSSR count). The Hall–Kier alpha value is 0.480. The fourth-order valence-corrected chi connectivity index (χ4v) is 9.71. The van der Waals surface area contributed by atoms with E-state index in [1.165, 1.54) is 244 Å². The van der Waals surface area contributed by atoms with Crippen molar-refractivity contribution >= 4 is 58.5 Å². The molecule has 0 fully saturated rings. The molecule has 0 N–H and O–H groups in total. The van der Waals surface area contributed by atoms with E-state index in [0.29, 0.717) is 0 Å². The third-order valence-electron chi connectivity index (χ3n) is 13.5. The van der Waals surface area contributed by atoms with E-state index in [1.54, 1.807) is 0 Å². The number of hydrogen-bond donors (Lipinski definition) is 0. The van der Waals surface area contributed by atoms with Gasteiger partial charge in [-0.25, -0.2) is 16.8 Å². The summed E-state index contributed by atoms with van der Waals surface area (Å²) in [5.41, 5.74) is 0. The first-order valence-electron chi connectivity index (χ1n) is 29.5. The zero-order chi connectivity index (χ0) is 50.3. The van der Waals surface area contributed by atoms with Crippen molar-refractivity contribution in [3.63, 3.8) is 0 Å². The Balaban J connectivity index is -0.00000124. The topological polar surface area (TPSA) is 133 Å². The standard InChI is InChI=1S/2C29H58O4S.Ca/c2*1-3-5-7-9-10-11-12-13-14-15-16-17-18-19-20-21-23-25-27-29(28-33-34(30,31)32)26-24-22-8-6-4-2;/h2*24,26,29H,3-23,25,27-28H2,1-2H3,(H,30,31,32);/q;;+2/p-2/b2*26-24+;. The third kappa shape index (κ3) is 68.5. The summed E-state index contributed by atoms with van der Waals surface area (Å²) in [6.07, 6.45) is 68.0. The summed E-state index contributed by atoms with van der Waals surface area (Å²) < 4.78 is 73.8. The van der Waals surface area contributed by atoms with Gasteiger partial charge in [-0.3, -0.25) is 8.37 Å². The molecule has 11 heteroatoms. The van der Waals surface area contributed by atoms with E-state index in [-0.39, 0.29) is 62.8 Å². The molecule has 0 aromatic rings. The van der Waals surface area contributed by atoms with Crippen molar-refractivity contribution in [3.8, 4) is 0 Å². The summed E-state index contributed by atoms with van der Waals surface area (Å²) in [7, 11) is -9.21. The fraction of sp³-hybridized carbons (Fsp3) is 0.931. The van der Waals surface area contributed by atoms with E-state index in [9.17, 15) is 25.9 Å². The molecular formula is C58H114CaO8S2. The Morgan fingerprint density at radius 3 is 0.710 bits per heavy atom. The van der Waals surface area contributed by atoms with Gasteiger partial charge < -0.3 is 9.11 Å². The van der Waals surface area contributed by atoms with Crippen LogP contribution >= 0.6 is 0 Å². The maximum Gasteiger partial charge on any atom is 2.00 e. The predicted molar refractivity (Wildman–Crippen MR) is 297 cm³/mol. The summed E-state index contributed by atoms with van der Waals surface area (Å²) in [5, 5.41) is 0. The zero-order valence-corrected chi connectivity index (χ0v) is 50.0. The van der Waals surface area contributed by atoms with Crippen LogP contribution in [0.15, 0.2) is 24.3 Å². The van der Waals surface area contributed by atoms with E-state index in [0.717, 1.165) is 51.4 Å². The van der Waals surface area contributed by atoms with E-state index in [1.807, 2.05) is 0 Å². The Bertz CT molecular complexity index is 1160. The minimum absolute atomic E-state index is 0. The molecule has 0 saturated heterocycles. The molecular weight excluding hydrogens is 929 g/mol. The average molecular weight is 1040 g/mol. The van der Waals surface area contributed by atoms with E-state index in [2.05, 4.69) is 60.4 Å². The van der Waals surface area contributed by atoms with Crippen LogP contribution in [0.5, 0.6) is 0 Å². The van der Waals surface area contributed by atoms with Crippen LogP contribution in [0.4, 0.5) is 0 Å². The van der Waals surface area contributed by atoms with Crippen molar-refractivity contribution in [1.29, 1.82) is 0 Å². The van der Waals surface area contributed by atoms with Crippen molar-refractivity contribution in [3.05, 3.63) is 24.3 Å². The van der Waals surface area contributed by atoms with Gasteiger partial charge in [-0.15, -0.1) is 0 Å². The maximum atomic E-state index is 10.8. The Morgan fingerprint density at radius 2 is 0.507 bits per heavy atom. The van der Waals surface area contributed by atoms with Crippen LogP contribution in [0.2, 0.25) is 0 Å². The zero-order valence-electron chi connectivity index (χ0n) is 46.2. The van der Waals surface area contributed by atoms with Crippen molar-refractivity contribution in [2.24, 2.45) is 11.8 Å². The molecule has 0 spiro atoms. The number of rotatable bonds is 54. The number of allylic oxidation sites excluding steroid dienone is 2. The molecule has 2 unspecified atom stereocenters. The van der Waals surface area contributed by atoms with Gasteiger partial charge in [-0.1, -0.05) is 309 Å². The first-order valence-corrected chi connectivity index (χ1v) is 32.2. The Kier molecular flexibility index (Phi) is 63.4. The molecule has 0 heterocycles. The molecule has 0 amide bonds. The molecule has 0 saturated carbocycles. The smallest absolute Gasteiger partial charge is 0.726 e. The van der Waals surface area contributed by atoms with Crippen LogP contribution in [0.1, 0.15) is 323 Å². The van der Waals surface area contributed by atoms with Crippen molar-refractivity contribution in [2.75, 3.05) is 13.2 Å². The van der Waals surface area contributed by atoms with Crippen LogP contribution in [0.3, 0.4) is 0 Å². The van der Waals surface area contributed by atoms with Gasteiger partial charge in [0.2, 0.25) is 20.8 Å². The van der Waals surface area contributed by atoms with Crippen LogP contribution in [-0.4, -0.2) is 76.9 Å². The molecule has 8 nitrogen and oxygen atoms in total. The minimum Gasteiger partial charge on any atom is -0.726 e. The van der Waals surface area contributed by atoms with E-state index >= 15 is 0 Å². The van der Waals surface area contributed by atoms with Gasteiger partial charge in [-0.2, -0.15) is 0 Å². The van der Waals surface area contributed by atoms with Crippen LogP contribution in [-0.2, 0) is 29.2 Å². The molecule has 69 heavy (non-hydrogen) atoms. The molecule has 2 atom stereocenters. The quantitative estimate of drug-likeness (QED) is 0.0193. The second kappa shape index (κ2) is 59.4. The van der Waals surface area contributed by atoms with Crippen molar-refractivity contribution in [2.45, 2.75) is 323 Å². The SMILES string of the molecule is CCCCC/C=C/C(CCCCCCCCCCCCCCCCCCCC)COS(=O)(=O)[O-].CCCCC/C=C/C(CCCCCCCCCCCCCCCCCCCC)COS(=O)(=O)[O-].[Ca+2]. The molecule has 0 aliphatic heterocycles. The van der Waals surface area contributed by atoms with Gasteiger partial charge >= 0.3 is 37.7 Å². The van der Waals surface area contributed by atoms with Crippen molar-refractivity contribution < 1.29 is 34.3 Å². The van der Waals surface area contributed by atoms with Crippen molar-refractivity contribution in [1.82, 2.24) is 0 Å². The molecule has 0 aliphatic rings. The monoisotopic (exact) mass is 1040 g/mol. The Labute approximate surface area is 461 Å². The molecule has 408 valence electrons. The van der Waals surface area contributed by atoms with Gasteiger partial charge in [0.25, 0.3) is 0 Å². The number of unbranched alkanes of at least 4 members (excludes halogenated alkanes) is 40. The van der Waals surface area contributed by atoms with E-state index < -0.39 is 20.8 Å². The largest absolute Gasteiger partial charge is 2.00 e. The van der Waals surface area contributed by atoms with Crippen LogP contribution in [0.25, 0.3) is 0 Å². The summed E-state index contributed by atoms with van der Waals surface area (Å²) in [4.78, 5) is 0. The van der Waals surface area contributed by atoms with Gasteiger partial charge in [0.1, 0.15) is 0 Å². The van der Waals surface area contributed by atoms with Gasteiger partial charge in [0, 0.05) is 11.8 Å². The summed E-state index contributed by atoms with van der Waals surface area (Å²) >= 11 is 0. The Morgan fingerprint density at radius 1 is 0.319 bits per heavy atom. The minimum atomic E-state index is -4.61. The second-order valence-electron chi connectivity index (χ2n) is 20.4. The van der Waals surface area contributed by atoms with Gasteiger partial charge in [0.05, 0.1) is 13.2 Å². The molecule has 0 bridgehead atoms.